The van der Waals surface area contributed by atoms with E-state index in [1.165, 1.54) is 89.1 Å². The molecule has 3 aromatic carbocycles. The molecule has 1 aliphatic carbocycles. The molecule has 0 radical (unpaired) electrons. The molecule has 0 saturated carbocycles. The van der Waals surface area contributed by atoms with Crippen LogP contribution >= 0.6 is 0 Å². The van der Waals surface area contributed by atoms with Gasteiger partial charge in [-0.05, 0) is 86.8 Å². The lowest BCUT2D eigenvalue weighted by molar-refractivity contribution is -0.438. The van der Waals surface area contributed by atoms with Gasteiger partial charge < -0.3 is 4.90 Å². The highest BCUT2D eigenvalue weighted by molar-refractivity contribution is 6.03. The number of fused-ring (bicyclic) bond motifs is 2. The number of para-hydroxylation sites is 2. The molecule has 2 heteroatoms. The van der Waals surface area contributed by atoms with E-state index in [9.17, 15) is 0 Å². The molecule has 6 rings (SSSR count). The highest BCUT2D eigenvalue weighted by atomic mass is 15.2. The molecule has 0 N–H and O–H groups in total. The minimum atomic E-state index is -0.0172. The highest BCUT2D eigenvalue weighted by Crippen LogP contribution is 2.48. The number of anilines is 1. The molecule has 2 aliphatic heterocycles. The maximum absolute atomic E-state index is 2.60. The molecule has 0 spiro atoms. The van der Waals surface area contributed by atoms with Crippen LogP contribution < -0.4 is 4.90 Å². The maximum Gasteiger partial charge on any atom is 0.209 e. The summed E-state index contributed by atoms with van der Waals surface area (Å²) in [5.41, 5.74) is 14.5. The molecule has 3 aliphatic rings. The number of allylic oxidation sites excluding steroid dienone is 8. The predicted molar refractivity (Wildman–Crippen MR) is 208 cm³/mol. The Morgan fingerprint density at radius 3 is 2.23 bits per heavy atom. The SMILES string of the molecule is CCCCN1/C(=C/C=C2\CCCC(CC/C=C/C3=[N+](CCCC)c4ccccc4C3(C)C)=C2c2ccccc2)C(C)(C)c2ccccc21. The van der Waals surface area contributed by atoms with Crippen LogP contribution in [0, 0.1) is 0 Å². The molecule has 0 saturated heterocycles. The molecular weight excluding hydrogens is 581 g/mol. The summed E-state index contributed by atoms with van der Waals surface area (Å²) in [6.45, 7) is 16.3. The molecule has 2 nitrogen and oxygen atoms in total. The van der Waals surface area contributed by atoms with E-state index >= 15 is 0 Å². The Labute approximate surface area is 291 Å². The Morgan fingerprint density at radius 2 is 1.46 bits per heavy atom. The average molecular weight is 638 g/mol. The second kappa shape index (κ2) is 14.7. The van der Waals surface area contributed by atoms with Gasteiger partial charge in [0.1, 0.15) is 6.54 Å². The van der Waals surface area contributed by atoms with Crippen LogP contribution in [0.3, 0.4) is 0 Å². The van der Waals surface area contributed by atoms with Crippen LogP contribution in [-0.2, 0) is 10.8 Å². The fourth-order valence-corrected chi connectivity index (χ4v) is 8.41. The molecule has 0 fully saturated rings. The van der Waals surface area contributed by atoms with Gasteiger partial charge >= 0.3 is 0 Å². The minimum absolute atomic E-state index is 0.0161. The van der Waals surface area contributed by atoms with E-state index in [0.29, 0.717) is 0 Å². The first-order valence-corrected chi connectivity index (χ1v) is 18.8. The van der Waals surface area contributed by atoms with Crippen molar-refractivity contribution >= 4 is 22.7 Å². The van der Waals surface area contributed by atoms with Gasteiger partial charge in [-0.25, -0.2) is 0 Å². The zero-order valence-electron chi connectivity index (χ0n) is 30.5. The van der Waals surface area contributed by atoms with Crippen LogP contribution in [0.2, 0.25) is 0 Å². The van der Waals surface area contributed by atoms with E-state index in [4.69, 9.17) is 0 Å². The first-order valence-electron chi connectivity index (χ1n) is 18.8. The average Bonchev–Trinajstić information content (AvgIpc) is 3.45. The van der Waals surface area contributed by atoms with Crippen LogP contribution in [0.5, 0.6) is 0 Å². The molecule has 0 unspecified atom stereocenters. The van der Waals surface area contributed by atoms with Crippen molar-refractivity contribution in [2.24, 2.45) is 0 Å². The molecule has 0 aromatic heterocycles. The van der Waals surface area contributed by atoms with Crippen molar-refractivity contribution < 1.29 is 4.58 Å². The zero-order chi connectivity index (χ0) is 33.7. The molecule has 0 atom stereocenters. The number of benzene rings is 3. The van der Waals surface area contributed by atoms with Crippen molar-refractivity contribution in [3.8, 4) is 0 Å². The van der Waals surface area contributed by atoms with Crippen LogP contribution in [0.1, 0.15) is 116 Å². The fourth-order valence-electron chi connectivity index (χ4n) is 8.41. The standard InChI is InChI=1S/C46H57N2/c1-7-9-33-47-40-28-17-15-26-38(40)45(3,4)42(47)30-19-14-23-36-24-20-25-37(44(36)35-21-12-11-13-22-35)31-32-43-46(5,6)39-27-16-18-29-41(39)48(43)34-10-8-2/h11-13,15-19,21-22,26-32H,7-10,14,20,23-25,33-34H2,1-6H3/q+1/b30-19+,37-31+,43-32+. The van der Waals surface area contributed by atoms with Gasteiger partial charge in [0.05, 0.1) is 5.41 Å². The summed E-state index contributed by atoms with van der Waals surface area (Å²) in [5, 5.41) is 0. The molecular formula is C46H57N2+. The lowest BCUT2D eigenvalue weighted by Crippen LogP contribution is -2.27. The van der Waals surface area contributed by atoms with E-state index < -0.39 is 0 Å². The maximum atomic E-state index is 2.60. The molecule has 0 bridgehead atoms. The summed E-state index contributed by atoms with van der Waals surface area (Å²) >= 11 is 0. The highest BCUT2D eigenvalue weighted by Gasteiger charge is 2.44. The van der Waals surface area contributed by atoms with Crippen LogP contribution in [0.25, 0.3) is 5.57 Å². The number of nitrogens with zero attached hydrogens (tertiary/aromatic N) is 2. The van der Waals surface area contributed by atoms with Gasteiger partial charge in [0.15, 0.2) is 5.71 Å². The van der Waals surface area contributed by atoms with Gasteiger partial charge in [0.25, 0.3) is 0 Å². The van der Waals surface area contributed by atoms with E-state index in [0.717, 1.165) is 32.4 Å². The van der Waals surface area contributed by atoms with Crippen LogP contribution in [0.15, 0.2) is 120 Å². The molecule has 48 heavy (non-hydrogen) atoms. The van der Waals surface area contributed by atoms with Crippen LogP contribution in [0.4, 0.5) is 11.4 Å². The predicted octanol–water partition coefficient (Wildman–Crippen LogP) is 12.2. The van der Waals surface area contributed by atoms with Crippen LogP contribution in [-0.4, -0.2) is 23.4 Å². The molecule has 2 heterocycles. The summed E-state index contributed by atoms with van der Waals surface area (Å²) in [5.74, 6) is 0. The van der Waals surface area contributed by atoms with E-state index in [2.05, 4.69) is 154 Å². The third-order valence-corrected chi connectivity index (χ3v) is 11.1. The third-order valence-electron chi connectivity index (χ3n) is 11.1. The van der Waals surface area contributed by atoms with Gasteiger partial charge in [-0.2, -0.15) is 4.58 Å². The zero-order valence-corrected chi connectivity index (χ0v) is 30.5. The second-order valence-corrected chi connectivity index (χ2v) is 15.1. The van der Waals surface area contributed by atoms with Crippen molar-refractivity contribution in [2.75, 3.05) is 18.0 Å². The number of hydrogen-bond acceptors (Lipinski definition) is 1. The Kier molecular flexibility index (Phi) is 10.4. The second-order valence-electron chi connectivity index (χ2n) is 15.1. The molecule has 0 amide bonds. The Hall–Kier alpha value is -3.91. The van der Waals surface area contributed by atoms with Gasteiger partial charge in [-0.15, -0.1) is 0 Å². The summed E-state index contributed by atoms with van der Waals surface area (Å²) in [7, 11) is 0. The van der Waals surface area contributed by atoms with Gasteiger partial charge in [0.2, 0.25) is 5.69 Å². The number of unbranched alkanes of at least 4 members (excludes halogenated alkanes) is 2. The number of rotatable bonds is 12. The smallest absolute Gasteiger partial charge is 0.209 e. The fraction of sp³-hybridized carbons (Fsp3) is 0.413. The van der Waals surface area contributed by atoms with E-state index in [-0.39, 0.29) is 10.8 Å². The van der Waals surface area contributed by atoms with E-state index in [1.54, 1.807) is 5.57 Å². The minimum Gasteiger partial charge on any atom is -0.344 e. The van der Waals surface area contributed by atoms with Gasteiger partial charge in [0, 0.05) is 47.5 Å². The molecule has 250 valence electrons. The first-order chi connectivity index (χ1) is 23.3. The van der Waals surface area contributed by atoms with Crippen molar-refractivity contribution in [3.05, 3.63) is 137 Å². The van der Waals surface area contributed by atoms with E-state index in [1.807, 2.05) is 0 Å². The van der Waals surface area contributed by atoms with Crippen molar-refractivity contribution in [1.82, 2.24) is 0 Å². The molecule has 3 aromatic rings. The summed E-state index contributed by atoms with van der Waals surface area (Å²) < 4.78 is 2.59. The van der Waals surface area contributed by atoms with Crippen molar-refractivity contribution in [3.63, 3.8) is 0 Å². The summed E-state index contributed by atoms with van der Waals surface area (Å²) in [6.07, 6.45) is 20.4. The third kappa shape index (κ3) is 6.56. The monoisotopic (exact) mass is 637 g/mol. The van der Waals surface area contributed by atoms with Gasteiger partial charge in [-0.3, -0.25) is 0 Å². The lowest BCUT2D eigenvalue weighted by Gasteiger charge is -2.28. The normalized spacial score (nSPS) is 20.0. The van der Waals surface area contributed by atoms with Crippen molar-refractivity contribution in [1.29, 1.82) is 0 Å². The largest absolute Gasteiger partial charge is 0.344 e. The topological polar surface area (TPSA) is 6.25 Å². The lowest BCUT2D eigenvalue weighted by atomic mass is 9.80. The Morgan fingerprint density at radius 1 is 0.750 bits per heavy atom. The van der Waals surface area contributed by atoms with Crippen molar-refractivity contribution in [2.45, 2.75) is 110 Å². The Balaban J connectivity index is 1.32. The number of hydrogen-bond donors (Lipinski definition) is 0. The Bertz CT molecular complexity index is 1760. The summed E-state index contributed by atoms with van der Waals surface area (Å²) in [6, 6.07) is 29.3. The quantitative estimate of drug-likeness (QED) is 0.179. The first kappa shape index (κ1) is 34.0. The van der Waals surface area contributed by atoms with Gasteiger partial charge in [-0.1, -0.05) is 125 Å². The summed E-state index contributed by atoms with van der Waals surface area (Å²) in [4.78, 5) is 2.60.